The largest absolute Gasteiger partial charge is 0.271 e. The van der Waals surface area contributed by atoms with E-state index in [-0.39, 0.29) is 0 Å². The summed E-state index contributed by atoms with van der Waals surface area (Å²) in [6.07, 6.45) is 3.42. The van der Waals surface area contributed by atoms with Crippen molar-refractivity contribution in [3.63, 3.8) is 0 Å². The van der Waals surface area contributed by atoms with Crippen molar-refractivity contribution in [2.75, 3.05) is 0 Å². The van der Waals surface area contributed by atoms with Crippen LogP contribution >= 0.6 is 11.6 Å². The Hall–Kier alpha value is -0.570. The average Bonchev–Trinajstić information content (AvgIpc) is 2.96. The highest BCUT2D eigenvalue weighted by Crippen LogP contribution is 2.48. The molecule has 0 aliphatic heterocycles. The molecule has 3 N–H and O–H groups in total. The molecule has 1 saturated carbocycles. The highest BCUT2D eigenvalue weighted by atomic mass is 35.5. The summed E-state index contributed by atoms with van der Waals surface area (Å²) < 4.78 is 0. The Bertz CT molecular complexity index is 347. The van der Waals surface area contributed by atoms with Crippen molar-refractivity contribution in [3.8, 4) is 0 Å². The van der Waals surface area contributed by atoms with E-state index in [1.165, 1.54) is 18.4 Å². The Morgan fingerprint density at radius 1 is 1.47 bits per heavy atom. The molecule has 1 aliphatic carbocycles. The van der Waals surface area contributed by atoms with Gasteiger partial charge in [-0.25, -0.2) is 0 Å². The third-order valence-corrected chi connectivity index (χ3v) is 3.83. The minimum absolute atomic E-state index is 0.331. The van der Waals surface area contributed by atoms with E-state index in [0.29, 0.717) is 11.5 Å². The Kier molecular flexibility index (Phi) is 3.01. The standard InChI is InChI=1S/C12H17ClN2/c1-12(6-7-12)11(15-14)8-9-4-2-3-5-10(9)13/h2-5,11,15H,6-8,14H2,1H3. The molecule has 0 spiro atoms. The number of nitrogens with two attached hydrogens (primary N) is 1. The SMILES string of the molecule is CC1(C(Cc2ccccc2Cl)NN)CC1. The topological polar surface area (TPSA) is 38.0 Å². The molecular weight excluding hydrogens is 208 g/mol. The van der Waals surface area contributed by atoms with Gasteiger partial charge in [-0.3, -0.25) is 11.3 Å². The van der Waals surface area contributed by atoms with Crippen LogP contribution in [0.15, 0.2) is 24.3 Å². The average molecular weight is 225 g/mol. The number of hydrogen-bond donors (Lipinski definition) is 2. The van der Waals surface area contributed by atoms with Crippen LogP contribution in [0.4, 0.5) is 0 Å². The summed E-state index contributed by atoms with van der Waals surface area (Å²) in [7, 11) is 0. The smallest absolute Gasteiger partial charge is 0.0438 e. The van der Waals surface area contributed by atoms with Gasteiger partial charge in [0.15, 0.2) is 0 Å². The molecule has 0 bridgehead atoms. The fourth-order valence-electron chi connectivity index (χ4n) is 1.94. The highest BCUT2D eigenvalue weighted by Gasteiger charge is 2.44. The van der Waals surface area contributed by atoms with Crippen LogP contribution in [0.3, 0.4) is 0 Å². The van der Waals surface area contributed by atoms with E-state index in [1.807, 2.05) is 18.2 Å². The zero-order valence-electron chi connectivity index (χ0n) is 8.96. The van der Waals surface area contributed by atoms with Gasteiger partial charge in [0.05, 0.1) is 0 Å². The van der Waals surface area contributed by atoms with Gasteiger partial charge < -0.3 is 0 Å². The van der Waals surface area contributed by atoms with Crippen molar-refractivity contribution >= 4 is 11.6 Å². The molecule has 82 valence electrons. The molecule has 0 heterocycles. The lowest BCUT2D eigenvalue weighted by Gasteiger charge is -2.23. The lowest BCUT2D eigenvalue weighted by Crippen LogP contribution is -2.42. The fourth-order valence-corrected chi connectivity index (χ4v) is 2.15. The second-order valence-electron chi connectivity index (χ2n) is 4.67. The van der Waals surface area contributed by atoms with E-state index >= 15 is 0 Å². The van der Waals surface area contributed by atoms with Gasteiger partial charge >= 0.3 is 0 Å². The summed E-state index contributed by atoms with van der Waals surface area (Å²) in [5.74, 6) is 5.60. The molecule has 1 aromatic rings. The van der Waals surface area contributed by atoms with Gasteiger partial charge in [0.1, 0.15) is 0 Å². The van der Waals surface area contributed by atoms with E-state index in [1.54, 1.807) is 0 Å². The Morgan fingerprint density at radius 3 is 2.67 bits per heavy atom. The van der Waals surface area contributed by atoms with Gasteiger partial charge in [0, 0.05) is 11.1 Å². The summed E-state index contributed by atoms with van der Waals surface area (Å²) in [5, 5.41) is 0.835. The number of nitrogens with one attached hydrogen (secondary N) is 1. The quantitative estimate of drug-likeness (QED) is 0.609. The third kappa shape index (κ3) is 2.33. The molecule has 1 unspecified atom stereocenters. The molecule has 1 aromatic carbocycles. The molecule has 15 heavy (non-hydrogen) atoms. The number of rotatable bonds is 4. The first-order valence-corrected chi connectivity index (χ1v) is 5.73. The van der Waals surface area contributed by atoms with Crippen molar-refractivity contribution in [2.24, 2.45) is 11.3 Å². The van der Waals surface area contributed by atoms with Crippen molar-refractivity contribution in [1.29, 1.82) is 0 Å². The first-order chi connectivity index (χ1) is 7.15. The molecule has 1 aliphatic rings. The van der Waals surface area contributed by atoms with Gasteiger partial charge in [-0.2, -0.15) is 0 Å². The zero-order chi connectivity index (χ0) is 10.9. The summed E-state index contributed by atoms with van der Waals surface area (Å²) in [6.45, 7) is 2.27. The van der Waals surface area contributed by atoms with Crippen molar-refractivity contribution in [1.82, 2.24) is 5.43 Å². The molecule has 0 radical (unpaired) electrons. The lowest BCUT2D eigenvalue weighted by molar-refractivity contribution is 0.359. The second kappa shape index (κ2) is 4.12. The van der Waals surface area contributed by atoms with E-state index in [9.17, 15) is 0 Å². The van der Waals surface area contributed by atoms with E-state index in [4.69, 9.17) is 17.4 Å². The van der Waals surface area contributed by atoms with Crippen LogP contribution in [0.2, 0.25) is 5.02 Å². The van der Waals surface area contributed by atoms with Crippen LogP contribution in [0.25, 0.3) is 0 Å². The van der Waals surface area contributed by atoms with Crippen molar-refractivity contribution in [3.05, 3.63) is 34.9 Å². The first kappa shape index (κ1) is 10.9. The van der Waals surface area contributed by atoms with Gasteiger partial charge in [0.25, 0.3) is 0 Å². The molecule has 0 amide bonds. The number of hydrazine groups is 1. The predicted molar refractivity (Wildman–Crippen MR) is 63.6 cm³/mol. The lowest BCUT2D eigenvalue weighted by atomic mass is 9.93. The van der Waals surface area contributed by atoms with Crippen LogP contribution < -0.4 is 11.3 Å². The van der Waals surface area contributed by atoms with E-state index < -0.39 is 0 Å². The van der Waals surface area contributed by atoms with E-state index in [2.05, 4.69) is 18.4 Å². The van der Waals surface area contributed by atoms with Crippen LogP contribution in [0, 0.1) is 5.41 Å². The Morgan fingerprint density at radius 2 is 2.13 bits per heavy atom. The van der Waals surface area contributed by atoms with Crippen LogP contribution in [-0.2, 0) is 6.42 Å². The van der Waals surface area contributed by atoms with Crippen molar-refractivity contribution < 1.29 is 0 Å². The van der Waals surface area contributed by atoms with Gasteiger partial charge in [-0.15, -0.1) is 0 Å². The van der Waals surface area contributed by atoms with Gasteiger partial charge in [0.2, 0.25) is 0 Å². The summed E-state index contributed by atoms with van der Waals surface area (Å²) in [5.41, 5.74) is 4.47. The maximum atomic E-state index is 6.13. The summed E-state index contributed by atoms with van der Waals surface area (Å²) in [4.78, 5) is 0. The second-order valence-corrected chi connectivity index (χ2v) is 5.08. The number of benzene rings is 1. The fraction of sp³-hybridized carbons (Fsp3) is 0.500. The number of halogens is 1. The molecule has 0 saturated heterocycles. The Balaban J connectivity index is 2.10. The predicted octanol–water partition coefficient (Wildman–Crippen LogP) is 2.51. The summed E-state index contributed by atoms with van der Waals surface area (Å²) >= 11 is 6.13. The van der Waals surface area contributed by atoms with Crippen molar-refractivity contribution in [2.45, 2.75) is 32.2 Å². The monoisotopic (exact) mass is 224 g/mol. The van der Waals surface area contributed by atoms with Crippen LogP contribution in [0.1, 0.15) is 25.3 Å². The normalized spacial score (nSPS) is 19.9. The van der Waals surface area contributed by atoms with Gasteiger partial charge in [-0.05, 0) is 36.3 Å². The first-order valence-electron chi connectivity index (χ1n) is 5.35. The van der Waals surface area contributed by atoms with Crippen LogP contribution in [0.5, 0.6) is 0 Å². The molecule has 2 nitrogen and oxygen atoms in total. The molecule has 1 fully saturated rings. The maximum absolute atomic E-state index is 6.13. The zero-order valence-corrected chi connectivity index (χ0v) is 9.72. The minimum atomic E-state index is 0.331. The highest BCUT2D eigenvalue weighted by molar-refractivity contribution is 6.31. The third-order valence-electron chi connectivity index (χ3n) is 3.46. The van der Waals surface area contributed by atoms with Crippen LogP contribution in [-0.4, -0.2) is 6.04 Å². The maximum Gasteiger partial charge on any atom is 0.0438 e. The number of hydrogen-bond acceptors (Lipinski definition) is 2. The Labute approximate surface area is 95.8 Å². The van der Waals surface area contributed by atoms with Gasteiger partial charge in [-0.1, -0.05) is 36.7 Å². The minimum Gasteiger partial charge on any atom is -0.271 e. The van der Waals surface area contributed by atoms with E-state index in [0.717, 1.165) is 11.4 Å². The molecular formula is C12H17ClN2. The molecule has 2 rings (SSSR count). The molecule has 3 heteroatoms. The summed E-state index contributed by atoms with van der Waals surface area (Å²) in [6, 6.07) is 8.30. The molecule has 1 atom stereocenters. The molecule has 0 aromatic heterocycles.